The third-order valence-electron chi connectivity index (χ3n) is 3.86. The van der Waals surface area contributed by atoms with Gasteiger partial charge in [-0.3, -0.25) is 4.79 Å². The zero-order chi connectivity index (χ0) is 15.5. The monoisotopic (exact) mass is 292 g/mol. The van der Waals surface area contributed by atoms with Gasteiger partial charge in [-0.1, -0.05) is 6.92 Å². The van der Waals surface area contributed by atoms with Crippen LogP contribution in [-0.2, 0) is 4.79 Å². The lowest BCUT2D eigenvalue weighted by atomic mass is 9.89. The van der Waals surface area contributed by atoms with E-state index in [9.17, 15) is 4.79 Å². The molecular weight excluding hydrogens is 268 g/mol. The van der Waals surface area contributed by atoms with Crippen molar-refractivity contribution in [2.24, 2.45) is 5.41 Å². The van der Waals surface area contributed by atoms with E-state index in [4.69, 9.17) is 5.73 Å². The summed E-state index contributed by atoms with van der Waals surface area (Å²) in [4.78, 5) is 22.5. The molecule has 0 radical (unpaired) electrons. The van der Waals surface area contributed by atoms with Gasteiger partial charge in [0.15, 0.2) is 0 Å². The molecule has 1 aromatic rings. The molecule has 1 unspecified atom stereocenters. The highest BCUT2D eigenvalue weighted by Gasteiger charge is 2.40. The lowest BCUT2D eigenvalue weighted by Gasteiger charge is -2.23. The van der Waals surface area contributed by atoms with Crippen LogP contribution in [0.2, 0.25) is 0 Å². The molecule has 2 heterocycles. The number of hydrogen-bond acceptors (Lipinski definition) is 6. The molecule has 2 rings (SSSR count). The number of hydrogen-bond donors (Lipinski definition) is 3. The predicted molar refractivity (Wildman–Crippen MR) is 84.2 cm³/mol. The van der Waals surface area contributed by atoms with Gasteiger partial charge in [-0.05, 0) is 19.8 Å². The van der Waals surface area contributed by atoms with Crippen molar-refractivity contribution in [3.63, 3.8) is 0 Å². The van der Waals surface area contributed by atoms with Crippen LogP contribution in [0.4, 0.5) is 17.6 Å². The highest BCUT2D eigenvalue weighted by Crippen LogP contribution is 2.33. The molecular formula is C14H24N6O. The molecule has 1 amide bonds. The Morgan fingerprint density at radius 2 is 2.29 bits per heavy atom. The smallest absolute Gasteiger partial charge is 0.227 e. The van der Waals surface area contributed by atoms with Gasteiger partial charge >= 0.3 is 0 Å². The fourth-order valence-electron chi connectivity index (χ4n) is 2.60. The summed E-state index contributed by atoms with van der Waals surface area (Å²) in [5.41, 5.74) is 5.40. The number of nitrogens with one attached hydrogen (secondary N) is 2. The van der Waals surface area contributed by atoms with E-state index in [0.717, 1.165) is 37.6 Å². The van der Waals surface area contributed by atoms with Crippen LogP contribution in [0.5, 0.6) is 0 Å². The fourth-order valence-corrected chi connectivity index (χ4v) is 2.60. The molecule has 7 nitrogen and oxygen atoms in total. The zero-order valence-corrected chi connectivity index (χ0v) is 12.9. The van der Waals surface area contributed by atoms with Crippen LogP contribution in [0.15, 0.2) is 6.07 Å². The minimum absolute atomic E-state index is 0.0661. The summed E-state index contributed by atoms with van der Waals surface area (Å²) < 4.78 is 0. The van der Waals surface area contributed by atoms with Crippen LogP contribution in [0.1, 0.15) is 26.7 Å². The summed E-state index contributed by atoms with van der Waals surface area (Å²) in [5.74, 6) is 1.82. The number of nitrogens with two attached hydrogens (primary N) is 1. The van der Waals surface area contributed by atoms with Crippen molar-refractivity contribution in [1.82, 2.24) is 15.3 Å². The van der Waals surface area contributed by atoms with E-state index in [0.29, 0.717) is 6.54 Å². The predicted octanol–water partition coefficient (Wildman–Crippen LogP) is 0.843. The topological polar surface area (TPSA) is 96.2 Å². The van der Waals surface area contributed by atoms with E-state index in [1.54, 1.807) is 7.05 Å². The first kappa shape index (κ1) is 15.3. The van der Waals surface area contributed by atoms with Gasteiger partial charge in [-0.2, -0.15) is 9.97 Å². The SMILES string of the molecule is CCCNc1cc(N2CCC(C)(C(=O)NC)C2)nc(N)n1. The third kappa shape index (κ3) is 3.34. The Hall–Kier alpha value is -2.05. The lowest BCUT2D eigenvalue weighted by molar-refractivity contribution is -0.128. The molecule has 0 saturated carbocycles. The molecule has 1 atom stereocenters. The van der Waals surface area contributed by atoms with Gasteiger partial charge in [-0.25, -0.2) is 0 Å². The number of rotatable bonds is 5. The number of nitrogen functional groups attached to an aromatic ring is 1. The van der Waals surface area contributed by atoms with Crippen LogP contribution in [0, 0.1) is 5.41 Å². The van der Waals surface area contributed by atoms with Crippen LogP contribution >= 0.6 is 0 Å². The number of carbonyl (C=O) groups excluding carboxylic acids is 1. The fraction of sp³-hybridized carbons (Fsp3) is 0.643. The summed E-state index contributed by atoms with van der Waals surface area (Å²) in [6.45, 7) is 6.33. The summed E-state index contributed by atoms with van der Waals surface area (Å²) in [5, 5.41) is 5.95. The number of amides is 1. The Labute approximate surface area is 125 Å². The van der Waals surface area contributed by atoms with Gasteiger partial charge in [-0.15, -0.1) is 0 Å². The van der Waals surface area contributed by atoms with Crippen molar-refractivity contribution in [3.8, 4) is 0 Å². The molecule has 1 aliphatic rings. The normalized spacial score (nSPS) is 21.4. The number of anilines is 3. The van der Waals surface area contributed by atoms with E-state index >= 15 is 0 Å². The lowest BCUT2D eigenvalue weighted by Crippen LogP contribution is -2.39. The standard InChI is InChI=1S/C14H24N6O/c1-4-6-17-10-8-11(19-13(15)18-10)20-7-5-14(2,9-20)12(21)16-3/h8H,4-7,9H2,1-3H3,(H,16,21)(H3,15,17,18,19). The van der Waals surface area contributed by atoms with E-state index in [1.165, 1.54) is 0 Å². The first-order valence-corrected chi connectivity index (χ1v) is 7.34. The molecule has 1 aromatic heterocycles. The van der Waals surface area contributed by atoms with Crippen LogP contribution < -0.4 is 21.3 Å². The number of nitrogens with zero attached hydrogens (tertiary/aromatic N) is 3. The highest BCUT2D eigenvalue weighted by atomic mass is 16.2. The van der Waals surface area contributed by atoms with Crippen molar-refractivity contribution >= 4 is 23.5 Å². The molecule has 4 N–H and O–H groups in total. The molecule has 0 aromatic carbocycles. The van der Waals surface area contributed by atoms with E-state index in [1.807, 2.05) is 13.0 Å². The molecule has 1 fully saturated rings. The van der Waals surface area contributed by atoms with E-state index < -0.39 is 0 Å². The average molecular weight is 292 g/mol. The molecule has 0 bridgehead atoms. The van der Waals surface area contributed by atoms with Crippen molar-refractivity contribution in [2.45, 2.75) is 26.7 Å². The van der Waals surface area contributed by atoms with Crippen molar-refractivity contribution in [1.29, 1.82) is 0 Å². The average Bonchev–Trinajstić information content (AvgIpc) is 2.87. The zero-order valence-electron chi connectivity index (χ0n) is 12.9. The maximum Gasteiger partial charge on any atom is 0.227 e. The van der Waals surface area contributed by atoms with Gasteiger partial charge < -0.3 is 21.3 Å². The van der Waals surface area contributed by atoms with Gasteiger partial charge in [0, 0.05) is 32.7 Å². The molecule has 1 saturated heterocycles. The highest BCUT2D eigenvalue weighted by molar-refractivity contribution is 5.83. The Morgan fingerprint density at radius 1 is 1.52 bits per heavy atom. The summed E-state index contributed by atoms with van der Waals surface area (Å²) in [7, 11) is 1.67. The van der Waals surface area contributed by atoms with Crippen molar-refractivity contribution in [3.05, 3.63) is 6.07 Å². The Kier molecular flexibility index (Phi) is 4.50. The van der Waals surface area contributed by atoms with Gasteiger partial charge in [0.25, 0.3) is 0 Å². The summed E-state index contributed by atoms with van der Waals surface area (Å²) in [6.07, 6.45) is 1.81. The molecule has 0 aliphatic carbocycles. The van der Waals surface area contributed by atoms with E-state index in [-0.39, 0.29) is 17.3 Å². The number of aromatic nitrogens is 2. The van der Waals surface area contributed by atoms with Crippen LogP contribution in [0.25, 0.3) is 0 Å². The van der Waals surface area contributed by atoms with Crippen LogP contribution in [0.3, 0.4) is 0 Å². The molecule has 1 aliphatic heterocycles. The Balaban J connectivity index is 2.16. The van der Waals surface area contributed by atoms with Gasteiger partial charge in [0.05, 0.1) is 5.41 Å². The third-order valence-corrected chi connectivity index (χ3v) is 3.86. The summed E-state index contributed by atoms with van der Waals surface area (Å²) >= 11 is 0. The molecule has 116 valence electrons. The molecule has 7 heteroatoms. The minimum atomic E-state index is -0.383. The second kappa shape index (κ2) is 6.15. The van der Waals surface area contributed by atoms with Crippen LogP contribution in [-0.4, -0.2) is 42.6 Å². The second-order valence-electron chi connectivity index (χ2n) is 5.71. The largest absolute Gasteiger partial charge is 0.370 e. The van der Waals surface area contributed by atoms with Crippen molar-refractivity contribution < 1.29 is 4.79 Å². The molecule has 0 spiro atoms. The quantitative estimate of drug-likeness (QED) is 0.744. The Bertz CT molecular complexity index is 520. The second-order valence-corrected chi connectivity index (χ2v) is 5.71. The first-order valence-electron chi connectivity index (χ1n) is 7.34. The summed E-state index contributed by atoms with van der Waals surface area (Å²) in [6, 6.07) is 1.89. The van der Waals surface area contributed by atoms with Gasteiger partial charge in [0.2, 0.25) is 11.9 Å². The Morgan fingerprint density at radius 3 is 2.95 bits per heavy atom. The van der Waals surface area contributed by atoms with E-state index in [2.05, 4.69) is 32.4 Å². The first-order chi connectivity index (χ1) is 9.98. The van der Waals surface area contributed by atoms with Crippen molar-refractivity contribution in [2.75, 3.05) is 42.6 Å². The van der Waals surface area contributed by atoms with Gasteiger partial charge in [0.1, 0.15) is 11.6 Å². The maximum atomic E-state index is 12.0. The minimum Gasteiger partial charge on any atom is -0.370 e. The maximum absolute atomic E-state index is 12.0. The number of carbonyl (C=O) groups is 1. The molecule has 21 heavy (non-hydrogen) atoms.